The minimum atomic E-state index is -0.229. The highest BCUT2D eigenvalue weighted by Gasteiger charge is 2.52. The van der Waals surface area contributed by atoms with E-state index in [2.05, 4.69) is 36.8 Å². The van der Waals surface area contributed by atoms with Gasteiger partial charge in [-0.3, -0.25) is 14.7 Å². The highest BCUT2D eigenvalue weighted by Crippen LogP contribution is 2.40. The second kappa shape index (κ2) is 8.65. The van der Waals surface area contributed by atoms with Gasteiger partial charge in [0.1, 0.15) is 6.04 Å². The van der Waals surface area contributed by atoms with Crippen molar-refractivity contribution in [2.75, 3.05) is 18.0 Å². The van der Waals surface area contributed by atoms with Crippen LogP contribution >= 0.6 is 0 Å². The average Bonchev–Trinajstić information content (AvgIpc) is 3.49. The Balaban J connectivity index is 1.65. The van der Waals surface area contributed by atoms with Gasteiger partial charge in [0, 0.05) is 25.2 Å². The van der Waals surface area contributed by atoms with Gasteiger partial charge in [0.05, 0.1) is 17.4 Å². The van der Waals surface area contributed by atoms with Crippen molar-refractivity contribution in [1.29, 1.82) is 0 Å². The quantitative estimate of drug-likeness (QED) is 0.683. The minimum absolute atomic E-state index is 0.0108. The summed E-state index contributed by atoms with van der Waals surface area (Å²) >= 11 is 0. The Kier molecular flexibility index (Phi) is 5.68. The van der Waals surface area contributed by atoms with E-state index in [-0.39, 0.29) is 23.9 Å². The van der Waals surface area contributed by atoms with Crippen molar-refractivity contribution in [3.8, 4) is 0 Å². The van der Waals surface area contributed by atoms with Crippen LogP contribution in [0.1, 0.15) is 52.9 Å². The Morgan fingerprint density at radius 1 is 1.24 bits per heavy atom. The van der Waals surface area contributed by atoms with Crippen LogP contribution in [0.15, 0.2) is 41.2 Å². The number of hydrazine groups is 1. The normalized spacial score (nSPS) is 27.4. The number of urea groups is 1. The molecule has 8 heteroatoms. The van der Waals surface area contributed by atoms with Crippen LogP contribution in [0.4, 0.5) is 10.5 Å². The molecule has 3 heterocycles. The van der Waals surface area contributed by atoms with E-state index in [0.29, 0.717) is 31.3 Å². The van der Waals surface area contributed by atoms with E-state index in [1.807, 2.05) is 23.1 Å². The van der Waals surface area contributed by atoms with E-state index in [1.165, 1.54) is 5.57 Å². The van der Waals surface area contributed by atoms with Crippen molar-refractivity contribution in [2.45, 2.75) is 58.9 Å². The number of anilines is 1. The zero-order valence-corrected chi connectivity index (χ0v) is 19.6. The summed E-state index contributed by atoms with van der Waals surface area (Å²) in [6.45, 7) is 7.67. The predicted octanol–water partition coefficient (Wildman–Crippen LogP) is 4.51. The maximum Gasteiger partial charge on any atom is 0.350 e. The number of benzene rings is 1. The van der Waals surface area contributed by atoms with Crippen LogP contribution in [0.2, 0.25) is 0 Å². The lowest BCUT2D eigenvalue weighted by Gasteiger charge is -2.36. The van der Waals surface area contributed by atoms with Crippen molar-refractivity contribution in [3.63, 3.8) is 0 Å². The number of carbonyl (C=O) groups is 2. The molecule has 3 aliphatic rings. The molecule has 1 aromatic heterocycles. The number of amides is 3. The van der Waals surface area contributed by atoms with Crippen molar-refractivity contribution in [3.05, 3.63) is 36.2 Å². The maximum absolute atomic E-state index is 14.0. The van der Waals surface area contributed by atoms with Gasteiger partial charge in [-0.15, -0.1) is 0 Å². The molecule has 3 unspecified atom stereocenters. The number of amidine groups is 1. The molecule has 1 aliphatic carbocycles. The number of aromatic amines is 1. The number of aliphatic imine (C=N–C) groups is 1. The van der Waals surface area contributed by atoms with Crippen molar-refractivity contribution >= 4 is 34.5 Å². The molecule has 33 heavy (non-hydrogen) atoms. The first-order valence-corrected chi connectivity index (χ1v) is 12.1. The van der Waals surface area contributed by atoms with Crippen LogP contribution in [0.3, 0.4) is 0 Å². The summed E-state index contributed by atoms with van der Waals surface area (Å²) in [6.07, 6.45) is 8.09. The molecule has 2 fully saturated rings. The van der Waals surface area contributed by atoms with E-state index in [1.54, 1.807) is 16.3 Å². The summed E-state index contributed by atoms with van der Waals surface area (Å²) in [5, 5.41) is 3.20. The van der Waals surface area contributed by atoms with E-state index < -0.39 is 0 Å². The molecular formula is C25H32N6O2. The number of H-pyrrole nitrogens is 1. The van der Waals surface area contributed by atoms with Gasteiger partial charge < -0.3 is 4.98 Å². The summed E-state index contributed by atoms with van der Waals surface area (Å²) in [4.78, 5) is 41.1. The summed E-state index contributed by atoms with van der Waals surface area (Å²) < 4.78 is 0. The lowest BCUT2D eigenvalue weighted by molar-refractivity contribution is -0.134. The number of imidazole rings is 1. The fourth-order valence-electron chi connectivity index (χ4n) is 5.50. The van der Waals surface area contributed by atoms with Crippen molar-refractivity contribution in [1.82, 2.24) is 20.0 Å². The molecular weight excluding hydrogens is 416 g/mol. The number of rotatable bonds is 5. The number of carbonyl (C=O) groups excluding carboxylic acids is 2. The average molecular weight is 449 g/mol. The topological polar surface area (TPSA) is 84.9 Å². The molecule has 3 amide bonds. The minimum Gasteiger partial charge on any atom is -0.345 e. The fourth-order valence-corrected chi connectivity index (χ4v) is 5.50. The van der Waals surface area contributed by atoms with Gasteiger partial charge in [-0.25, -0.2) is 14.8 Å². The van der Waals surface area contributed by atoms with Crippen LogP contribution in [-0.2, 0) is 4.79 Å². The number of fused-ring (bicyclic) bond motifs is 1. The van der Waals surface area contributed by atoms with Crippen LogP contribution in [0.5, 0.6) is 0 Å². The highest BCUT2D eigenvalue weighted by atomic mass is 16.2. The standard InChI is InChI=1S/C25H32N6O2/c1-4-11-26-24-23(19-9-7-16(2)13-17(19)3)30(18-8-10-20-21(14-18)28-15-27-20)25(33)31(24)29-12-5-6-22(29)32/h8,10,13-15,17,19,23H,4-7,9,11-12H2,1-3H3,(H,27,28). The van der Waals surface area contributed by atoms with E-state index in [0.717, 1.165) is 42.4 Å². The number of aromatic nitrogens is 2. The molecule has 2 aliphatic heterocycles. The molecule has 1 aromatic carbocycles. The molecule has 1 N–H and O–H groups in total. The fraction of sp³-hybridized carbons (Fsp3) is 0.520. The van der Waals surface area contributed by atoms with Gasteiger partial charge >= 0.3 is 6.03 Å². The summed E-state index contributed by atoms with van der Waals surface area (Å²) in [6, 6.07) is 5.46. The molecule has 2 saturated heterocycles. The first-order chi connectivity index (χ1) is 16.0. The molecule has 2 aromatic rings. The largest absolute Gasteiger partial charge is 0.350 e. The Morgan fingerprint density at radius 2 is 2.09 bits per heavy atom. The summed E-state index contributed by atoms with van der Waals surface area (Å²) in [7, 11) is 0. The van der Waals surface area contributed by atoms with Gasteiger partial charge in [-0.2, -0.15) is 5.01 Å². The molecule has 0 radical (unpaired) electrons. The van der Waals surface area contributed by atoms with Gasteiger partial charge in [-0.05, 0) is 62.6 Å². The Hall–Kier alpha value is -3.16. The first kappa shape index (κ1) is 21.7. The predicted molar refractivity (Wildman–Crippen MR) is 129 cm³/mol. The lowest BCUT2D eigenvalue weighted by atomic mass is 9.77. The van der Waals surface area contributed by atoms with E-state index in [9.17, 15) is 9.59 Å². The third kappa shape index (κ3) is 3.71. The number of nitrogens with one attached hydrogen (secondary N) is 1. The van der Waals surface area contributed by atoms with Gasteiger partial charge in [0.2, 0.25) is 5.91 Å². The molecule has 5 rings (SSSR count). The van der Waals surface area contributed by atoms with Crippen LogP contribution < -0.4 is 4.90 Å². The zero-order valence-electron chi connectivity index (χ0n) is 19.6. The Morgan fingerprint density at radius 3 is 2.82 bits per heavy atom. The number of hydrogen-bond acceptors (Lipinski definition) is 4. The molecule has 8 nitrogen and oxygen atoms in total. The monoisotopic (exact) mass is 448 g/mol. The molecule has 3 atom stereocenters. The third-order valence-corrected chi connectivity index (χ3v) is 7.12. The summed E-state index contributed by atoms with van der Waals surface area (Å²) in [5.74, 6) is 1.22. The van der Waals surface area contributed by atoms with Crippen LogP contribution in [0.25, 0.3) is 11.0 Å². The van der Waals surface area contributed by atoms with E-state index in [4.69, 9.17) is 4.99 Å². The van der Waals surface area contributed by atoms with Crippen molar-refractivity contribution in [2.24, 2.45) is 16.8 Å². The second-order valence-electron chi connectivity index (χ2n) is 9.45. The van der Waals surface area contributed by atoms with Crippen molar-refractivity contribution < 1.29 is 9.59 Å². The second-order valence-corrected chi connectivity index (χ2v) is 9.45. The molecule has 0 bridgehead atoms. The lowest BCUT2D eigenvalue weighted by Crippen LogP contribution is -2.48. The molecule has 174 valence electrons. The van der Waals surface area contributed by atoms with Crippen LogP contribution in [-0.4, -0.2) is 56.9 Å². The Labute approximate surface area is 194 Å². The molecule has 0 saturated carbocycles. The third-order valence-electron chi connectivity index (χ3n) is 7.12. The molecule has 0 spiro atoms. The number of allylic oxidation sites excluding steroid dienone is 2. The van der Waals surface area contributed by atoms with E-state index >= 15 is 0 Å². The van der Waals surface area contributed by atoms with Gasteiger partial charge in [0.15, 0.2) is 5.84 Å². The van der Waals surface area contributed by atoms with Crippen LogP contribution in [0, 0.1) is 11.8 Å². The Bertz CT molecular complexity index is 1130. The summed E-state index contributed by atoms with van der Waals surface area (Å²) in [5.41, 5.74) is 3.93. The van der Waals surface area contributed by atoms with Gasteiger partial charge in [-0.1, -0.05) is 25.5 Å². The number of hydrogen-bond donors (Lipinski definition) is 1. The van der Waals surface area contributed by atoms with Gasteiger partial charge in [0.25, 0.3) is 0 Å². The number of nitrogens with zero attached hydrogens (tertiary/aromatic N) is 5. The maximum atomic E-state index is 14.0. The zero-order chi connectivity index (χ0) is 23.1. The smallest absolute Gasteiger partial charge is 0.345 e. The highest BCUT2D eigenvalue weighted by molar-refractivity contribution is 6.17. The SMILES string of the molecule is CCCN=C1C(C2CCC(C)=CC2C)N(c2ccc3[nH]cnc3c2)C(=O)N1N1CCCC1=O. The first-order valence-electron chi connectivity index (χ1n) is 12.1.